The van der Waals surface area contributed by atoms with Gasteiger partial charge in [0.25, 0.3) is 11.8 Å². The molecule has 2 amide bonds. The predicted octanol–water partition coefficient (Wildman–Crippen LogP) is 3.17. The number of methoxy groups -OCH3 is 1. The lowest BCUT2D eigenvalue weighted by molar-refractivity contribution is -0.120. The molecule has 0 aromatic heterocycles. The van der Waals surface area contributed by atoms with Gasteiger partial charge in [-0.3, -0.25) is 9.59 Å². The fourth-order valence-electron chi connectivity index (χ4n) is 3.62. The third kappa shape index (κ3) is 4.77. The maximum absolute atomic E-state index is 12.9. The van der Waals surface area contributed by atoms with Gasteiger partial charge in [0, 0.05) is 18.3 Å². The molecule has 0 unspecified atom stereocenters. The molecule has 1 aliphatic heterocycles. The Morgan fingerprint density at radius 1 is 1.17 bits per heavy atom. The van der Waals surface area contributed by atoms with Crippen molar-refractivity contribution in [2.45, 2.75) is 26.7 Å². The highest BCUT2D eigenvalue weighted by Crippen LogP contribution is 2.32. The van der Waals surface area contributed by atoms with Gasteiger partial charge in [0.2, 0.25) is 0 Å². The molecule has 1 aliphatic rings. The SMILES string of the molecule is COc1cc(/C=C/C(=O)N2CCCc3c(C)cc(C)cc32)ccc1OCC(N)=O. The van der Waals surface area contributed by atoms with Crippen LogP contribution in [0.5, 0.6) is 11.5 Å². The van der Waals surface area contributed by atoms with Gasteiger partial charge in [-0.2, -0.15) is 0 Å². The second-order valence-corrected chi connectivity index (χ2v) is 7.17. The Hall–Kier alpha value is -3.28. The predicted molar refractivity (Wildman–Crippen MR) is 113 cm³/mol. The molecular weight excluding hydrogens is 368 g/mol. The number of benzene rings is 2. The van der Waals surface area contributed by atoms with Gasteiger partial charge in [-0.25, -0.2) is 0 Å². The zero-order valence-corrected chi connectivity index (χ0v) is 17.0. The lowest BCUT2D eigenvalue weighted by atomic mass is 9.95. The van der Waals surface area contributed by atoms with Gasteiger partial charge in [-0.05, 0) is 73.2 Å². The number of ether oxygens (including phenoxy) is 2. The van der Waals surface area contributed by atoms with Crippen molar-refractivity contribution in [3.05, 3.63) is 58.7 Å². The van der Waals surface area contributed by atoms with Gasteiger partial charge in [-0.1, -0.05) is 12.1 Å². The molecule has 0 fully saturated rings. The largest absolute Gasteiger partial charge is 0.493 e. The molecule has 0 saturated carbocycles. The highest BCUT2D eigenvalue weighted by atomic mass is 16.5. The number of nitrogens with two attached hydrogens (primary N) is 1. The summed E-state index contributed by atoms with van der Waals surface area (Å²) in [4.78, 5) is 25.6. The highest BCUT2D eigenvalue weighted by Gasteiger charge is 2.22. The fraction of sp³-hybridized carbons (Fsp3) is 0.304. The normalized spacial score (nSPS) is 13.3. The smallest absolute Gasteiger partial charge is 0.255 e. The highest BCUT2D eigenvalue weighted by molar-refractivity contribution is 6.04. The third-order valence-corrected chi connectivity index (χ3v) is 4.94. The number of primary amides is 1. The van der Waals surface area contributed by atoms with Crippen LogP contribution in [0.1, 0.15) is 28.7 Å². The Labute approximate surface area is 170 Å². The molecule has 2 N–H and O–H groups in total. The first-order valence-electron chi connectivity index (χ1n) is 9.58. The van der Waals surface area contributed by atoms with E-state index >= 15 is 0 Å². The molecule has 1 heterocycles. The minimum atomic E-state index is -0.561. The minimum absolute atomic E-state index is 0.0519. The number of fused-ring (bicyclic) bond motifs is 1. The molecule has 0 atom stereocenters. The third-order valence-electron chi connectivity index (χ3n) is 4.94. The average molecular weight is 394 g/mol. The molecule has 0 bridgehead atoms. The van der Waals surface area contributed by atoms with Crippen LogP contribution in [0.4, 0.5) is 5.69 Å². The number of hydrogen-bond donors (Lipinski definition) is 1. The molecule has 29 heavy (non-hydrogen) atoms. The lowest BCUT2D eigenvalue weighted by Gasteiger charge is -2.30. The van der Waals surface area contributed by atoms with E-state index in [1.54, 1.807) is 30.4 Å². The molecule has 0 spiro atoms. The van der Waals surface area contributed by atoms with Crippen molar-refractivity contribution in [2.75, 3.05) is 25.2 Å². The van der Waals surface area contributed by atoms with Crippen LogP contribution in [-0.4, -0.2) is 32.1 Å². The Morgan fingerprint density at radius 2 is 1.97 bits per heavy atom. The summed E-state index contributed by atoms with van der Waals surface area (Å²) in [6.45, 7) is 4.64. The Kier molecular flexibility index (Phi) is 6.22. The van der Waals surface area contributed by atoms with E-state index in [1.165, 1.54) is 18.2 Å². The standard InChI is InChI=1S/C23H26N2O4/c1-15-11-16(2)18-5-4-10-25(19(18)12-15)23(27)9-7-17-6-8-20(21(13-17)28-3)29-14-22(24)26/h6-9,11-13H,4-5,10,14H2,1-3H3,(H2,24,26)/b9-7+. The van der Waals surface area contributed by atoms with Crippen molar-refractivity contribution in [1.29, 1.82) is 0 Å². The van der Waals surface area contributed by atoms with Crippen molar-refractivity contribution in [2.24, 2.45) is 5.73 Å². The molecule has 6 heteroatoms. The molecule has 3 rings (SSSR count). The summed E-state index contributed by atoms with van der Waals surface area (Å²) >= 11 is 0. The first-order valence-corrected chi connectivity index (χ1v) is 9.58. The van der Waals surface area contributed by atoms with E-state index in [-0.39, 0.29) is 12.5 Å². The Morgan fingerprint density at radius 3 is 2.69 bits per heavy atom. The fourth-order valence-corrected chi connectivity index (χ4v) is 3.62. The lowest BCUT2D eigenvalue weighted by Crippen LogP contribution is -2.34. The van der Waals surface area contributed by atoms with E-state index in [0.717, 1.165) is 29.7 Å². The van der Waals surface area contributed by atoms with E-state index in [1.807, 2.05) is 4.90 Å². The van der Waals surface area contributed by atoms with Crippen LogP contribution in [0.2, 0.25) is 0 Å². The summed E-state index contributed by atoms with van der Waals surface area (Å²) in [5.41, 5.74) is 10.5. The average Bonchev–Trinajstić information content (AvgIpc) is 2.70. The van der Waals surface area contributed by atoms with Crippen molar-refractivity contribution in [3.63, 3.8) is 0 Å². The topological polar surface area (TPSA) is 81.9 Å². The van der Waals surface area contributed by atoms with Crippen LogP contribution < -0.4 is 20.1 Å². The minimum Gasteiger partial charge on any atom is -0.493 e. The quantitative estimate of drug-likeness (QED) is 0.763. The zero-order chi connectivity index (χ0) is 21.0. The van der Waals surface area contributed by atoms with Gasteiger partial charge in [0.15, 0.2) is 18.1 Å². The first kappa shape index (κ1) is 20.5. The van der Waals surface area contributed by atoms with Gasteiger partial charge in [0.1, 0.15) is 0 Å². The summed E-state index contributed by atoms with van der Waals surface area (Å²) in [5, 5.41) is 0. The van der Waals surface area contributed by atoms with Crippen LogP contribution in [0.15, 0.2) is 36.4 Å². The van der Waals surface area contributed by atoms with E-state index < -0.39 is 5.91 Å². The molecule has 2 aromatic carbocycles. The van der Waals surface area contributed by atoms with Crippen LogP contribution in [0, 0.1) is 13.8 Å². The number of carbonyl (C=O) groups is 2. The zero-order valence-electron chi connectivity index (χ0n) is 17.0. The van der Waals surface area contributed by atoms with Gasteiger partial charge >= 0.3 is 0 Å². The van der Waals surface area contributed by atoms with Crippen LogP contribution in [-0.2, 0) is 16.0 Å². The van der Waals surface area contributed by atoms with Crippen LogP contribution in [0.25, 0.3) is 6.08 Å². The van der Waals surface area contributed by atoms with E-state index in [9.17, 15) is 9.59 Å². The van der Waals surface area contributed by atoms with Gasteiger partial charge in [-0.15, -0.1) is 0 Å². The van der Waals surface area contributed by atoms with Crippen molar-refractivity contribution >= 4 is 23.6 Å². The first-order chi connectivity index (χ1) is 13.9. The number of anilines is 1. The van der Waals surface area contributed by atoms with E-state index in [0.29, 0.717) is 18.0 Å². The van der Waals surface area contributed by atoms with E-state index in [2.05, 4.69) is 26.0 Å². The molecule has 152 valence electrons. The van der Waals surface area contributed by atoms with Gasteiger partial charge in [0.05, 0.1) is 7.11 Å². The second kappa shape index (κ2) is 8.82. The molecule has 6 nitrogen and oxygen atoms in total. The summed E-state index contributed by atoms with van der Waals surface area (Å²) in [7, 11) is 1.51. The monoisotopic (exact) mass is 394 g/mol. The van der Waals surface area contributed by atoms with E-state index in [4.69, 9.17) is 15.2 Å². The molecule has 0 aliphatic carbocycles. The summed E-state index contributed by atoms with van der Waals surface area (Å²) in [6.07, 6.45) is 5.28. The Balaban J connectivity index is 1.79. The second-order valence-electron chi connectivity index (χ2n) is 7.17. The summed E-state index contributed by atoms with van der Waals surface area (Å²) < 4.78 is 10.6. The molecule has 0 radical (unpaired) electrons. The molecular formula is C23H26N2O4. The molecule has 2 aromatic rings. The number of carbonyl (C=O) groups excluding carboxylic acids is 2. The number of hydrogen-bond acceptors (Lipinski definition) is 4. The van der Waals surface area contributed by atoms with Crippen LogP contribution in [0.3, 0.4) is 0 Å². The van der Waals surface area contributed by atoms with Crippen molar-refractivity contribution in [3.8, 4) is 11.5 Å². The molecule has 0 saturated heterocycles. The number of amides is 2. The number of aryl methyl sites for hydroxylation is 2. The van der Waals surface area contributed by atoms with Crippen molar-refractivity contribution < 1.29 is 19.1 Å². The maximum Gasteiger partial charge on any atom is 0.255 e. The summed E-state index contributed by atoms with van der Waals surface area (Å²) in [5.74, 6) is 0.277. The van der Waals surface area contributed by atoms with Gasteiger partial charge < -0.3 is 20.1 Å². The van der Waals surface area contributed by atoms with Crippen molar-refractivity contribution in [1.82, 2.24) is 0 Å². The van der Waals surface area contributed by atoms with Crippen LogP contribution >= 0.6 is 0 Å². The maximum atomic E-state index is 12.9. The number of rotatable bonds is 6. The summed E-state index contributed by atoms with van der Waals surface area (Å²) in [6, 6.07) is 9.48. The number of nitrogens with zero attached hydrogens (tertiary/aromatic N) is 1. The Bertz CT molecular complexity index is 966.